The van der Waals surface area contributed by atoms with Gasteiger partial charge in [0.1, 0.15) is 5.75 Å². The van der Waals surface area contributed by atoms with Crippen molar-refractivity contribution < 1.29 is 9.53 Å². The Balaban J connectivity index is 1.36. The Bertz CT molecular complexity index is 1100. The topological polar surface area (TPSA) is 62.4 Å². The fourth-order valence-electron chi connectivity index (χ4n) is 2.91. The first-order chi connectivity index (χ1) is 14.7. The van der Waals surface area contributed by atoms with Gasteiger partial charge in [0.05, 0.1) is 0 Å². The molecule has 5 nitrogen and oxygen atoms in total. The third-order valence-electron chi connectivity index (χ3n) is 4.30. The van der Waals surface area contributed by atoms with Gasteiger partial charge in [-0.1, -0.05) is 42.5 Å². The first-order valence-electron chi connectivity index (χ1n) is 9.58. The van der Waals surface area contributed by atoms with Gasteiger partial charge in [-0.25, -0.2) is 4.79 Å². The summed E-state index contributed by atoms with van der Waals surface area (Å²) in [5, 5.41) is 9.44. The van der Waals surface area contributed by atoms with E-state index >= 15 is 0 Å². The highest BCUT2D eigenvalue weighted by atomic mass is 16.6. The molecule has 0 heterocycles. The number of benzene rings is 4. The second-order valence-corrected chi connectivity index (χ2v) is 6.60. The average molecular weight is 395 g/mol. The molecule has 0 saturated heterocycles. The van der Waals surface area contributed by atoms with E-state index in [1.807, 2.05) is 97.1 Å². The van der Waals surface area contributed by atoms with E-state index in [2.05, 4.69) is 16.0 Å². The summed E-state index contributed by atoms with van der Waals surface area (Å²) >= 11 is 0. The average Bonchev–Trinajstić information content (AvgIpc) is 2.77. The molecule has 0 atom stereocenters. The van der Waals surface area contributed by atoms with Crippen LogP contribution in [0.4, 0.5) is 33.2 Å². The second kappa shape index (κ2) is 9.30. The number of ether oxygens (including phenoxy) is 1. The number of nitrogens with one attached hydrogen (secondary N) is 3. The van der Waals surface area contributed by atoms with Crippen molar-refractivity contribution in [1.82, 2.24) is 0 Å². The van der Waals surface area contributed by atoms with E-state index in [1.165, 1.54) is 0 Å². The summed E-state index contributed by atoms with van der Waals surface area (Å²) in [6, 6.07) is 34.4. The molecule has 1 amide bonds. The minimum atomic E-state index is -0.533. The standard InChI is InChI=1S/C25H21N3O2/c29-25(30-24-12-5-2-6-13-24)28-23-11-7-10-22(18-23)27-21-16-14-20(15-17-21)26-19-8-3-1-4-9-19/h1-18,26-27H,(H,28,29). The molecule has 0 unspecified atom stereocenters. The van der Waals surface area contributed by atoms with E-state index < -0.39 is 6.09 Å². The Kier molecular flexibility index (Phi) is 5.91. The van der Waals surface area contributed by atoms with Crippen LogP contribution in [0.5, 0.6) is 5.75 Å². The molecule has 0 aliphatic carbocycles. The maximum absolute atomic E-state index is 12.1. The number of rotatable bonds is 6. The van der Waals surface area contributed by atoms with Crippen LogP contribution in [-0.4, -0.2) is 6.09 Å². The highest BCUT2D eigenvalue weighted by molar-refractivity contribution is 5.87. The summed E-state index contributed by atoms with van der Waals surface area (Å²) in [5.74, 6) is 0.494. The molecule has 4 aromatic carbocycles. The van der Waals surface area contributed by atoms with Crippen molar-refractivity contribution in [2.75, 3.05) is 16.0 Å². The third kappa shape index (κ3) is 5.39. The van der Waals surface area contributed by atoms with E-state index in [0.717, 1.165) is 22.7 Å². The van der Waals surface area contributed by atoms with Gasteiger partial charge in [-0.15, -0.1) is 0 Å². The monoisotopic (exact) mass is 395 g/mol. The van der Waals surface area contributed by atoms with Crippen LogP contribution < -0.4 is 20.7 Å². The maximum Gasteiger partial charge on any atom is 0.417 e. The van der Waals surface area contributed by atoms with E-state index in [0.29, 0.717) is 11.4 Å². The van der Waals surface area contributed by atoms with Gasteiger partial charge in [0.15, 0.2) is 0 Å². The summed E-state index contributed by atoms with van der Waals surface area (Å²) in [6.07, 6.45) is -0.533. The summed E-state index contributed by atoms with van der Waals surface area (Å²) in [7, 11) is 0. The van der Waals surface area contributed by atoms with Gasteiger partial charge in [-0.2, -0.15) is 0 Å². The van der Waals surface area contributed by atoms with Crippen LogP contribution in [0.2, 0.25) is 0 Å². The second-order valence-electron chi connectivity index (χ2n) is 6.60. The van der Waals surface area contributed by atoms with E-state index in [4.69, 9.17) is 4.74 Å². The molecule has 4 aromatic rings. The summed E-state index contributed by atoms with van der Waals surface area (Å²) in [4.78, 5) is 12.1. The molecule has 4 rings (SSSR count). The van der Waals surface area contributed by atoms with Crippen molar-refractivity contribution in [3.05, 3.63) is 109 Å². The Morgan fingerprint density at radius 2 is 1.03 bits per heavy atom. The molecular weight excluding hydrogens is 374 g/mol. The molecule has 0 spiro atoms. The number of para-hydroxylation sites is 2. The quantitative estimate of drug-likeness (QED) is 0.336. The molecule has 0 aromatic heterocycles. The Morgan fingerprint density at radius 1 is 0.533 bits per heavy atom. The molecule has 0 aliphatic rings. The van der Waals surface area contributed by atoms with Crippen LogP contribution in [0, 0.1) is 0 Å². The largest absolute Gasteiger partial charge is 0.417 e. The number of carbonyl (C=O) groups is 1. The first-order valence-corrected chi connectivity index (χ1v) is 9.58. The maximum atomic E-state index is 12.1. The Labute approximate surface area is 175 Å². The summed E-state index contributed by atoms with van der Waals surface area (Å²) in [5.41, 5.74) is 4.49. The van der Waals surface area contributed by atoms with Crippen molar-refractivity contribution in [3.63, 3.8) is 0 Å². The van der Waals surface area contributed by atoms with Crippen molar-refractivity contribution in [2.45, 2.75) is 0 Å². The fourth-order valence-corrected chi connectivity index (χ4v) is 2.91. The molecule has 0 fully saturated rings. The molecule has 5 heteroatoms. The van der Waals surface area contributed by atoms with Gasteiger partial charge >= 0.3 is 6.09 Å². The smallest absolute Gasteiger partial charge is 0.410 e. The Morgan fingerprint density at radius 3 is 1.70 bits per heavy atom. The lowest BCUT2D eigenvalue weighted by molar-refractivity contribution is 0.215. The van der Waals surface area contributed by atoms with E-state index in [9.17, 15) is 4.79 Å². The number of amides is 1. The van der Waals surface area contributed by atoms with Gasteiger partial charge in [-0.05, 0) is 66.7 Å². The van der Waals surface area contributed by atoms with Gasteiger partial charge in [0, 0.05) is 28.4 Å². The molecule has 3 N–H and O–H groups in total. The minimum Gasteiger partial charge on any atom is -0.410 e. The SMILES string of the molecule is O=C(Nc1cccc(Nc2ccc(Nc3ccccc3)cc2)c1)Oc1ccccc1. The predicted octanol–water partition coefficient (Wildman–Crippen LogP) is 6.78. The molecule has 0 saturated carbocycles. The van der Waals surface area contributed by atoms with Crippen LogP contribution in [0.1, 0.15) is 0 Å². The summed E-state index contributed by atoms with van der Waals surface area (Å²) in [6.45, 7) is 0. The van der Waals surface area contributed by atoms with Crippen molar-refractivity contribution in [2.24, 2.45) is 0 Å². The number of anilines is 5. The van der Waals surface area contributed by atoms with Crippen molar-refractivity contribution in [1.29, 1.82) is 0 Å². The lowest BCUT2D eigenvalue weighted by Gasteiger charge is -2.11. The Hall–Kier alpha value is -4.25. The van der Waals surface area contributed by atoms with Crippen molar-refractivity contribution in [3.8, 4) is 5.75 Å². The predicted molar refractivity (Wildman–Crippen MR) is 122 cm³/mol. The lowest BCUT2D eigenvalue weighted by atomic mass is 10.2. The molecule has 0 bridgehead atoms. The zero-order chi connectivity index (χ0) is 20.6. The van der Waals surface area contributed by atoms with Gasteiger partial charge in [-0.3, -0.25) is 5.32 Å². The highest BCUT2D eigenvalue weighted by Crippen LogP contribution is 2.23. The van der Waals surface area contributed by atoms with Crippen LogP contribution in [0.25, 0.3) is 0 Å². The molecule has 30 heavy (non-hydrogen) atoms. The van der Waals surface area contributed by atoms with Gasteiger partial charge in [0.25, 0.3) is 0 Å². The van der Waals surface area contributed by atoms with Crippen LogP contribution >= 0.6 is 0 Å². The normalized spacial score (nSPS) is 10.1. The lowest BCUT2D eigenvalue weighted by Crippen LogP contribution is -2.16. The number of hydrogen-bond donors (Lipinski definition) is 3. The van der Waals surface area contributed by atoms with Gasteiger partial charge < -0.3 is 15.4 Å². The summed E-state index contributed by atoms with van der Waals surface area (Å²) < 4.78 is 5.26. The van der Waals surface area contributed by atoms with E-state index in [1.54, 1.807) is 12.1 Å². The molecule has 0 radical (unpaired) electrons. The number of hydrogen-bond acceptors (Lipinski definition) is 4. The third-order valence-corrected chi connectivity index (χ3v) is 4.30. The first kappa shape index (κ1) is 19.1. The molecule has 0 aliphatic heterocycles. The van der Waals surface area contributed by atoms with Gasteiger partial charge in [0.2, 0.25) is 0 Å². The van der Waals surface area contributed by atoms with Crippen molar-refractivity contribution >= 4 is 34.5 Å². The van der Waals surface area contributed by atoms with Crippen LogP contribution in [-0.2, 0) is 0 Å². The number of carbonyl (C=O) groups excluding carboxylic acids is 1. The van der Waals surface area contributed by atoms with Crippen LogP contribution in [0.3, 0.4) is 0 Å². The minimum absolute atomic E-state index is 0.494. The molecular formula is C25H21N3O2. The van der Waals surface area contributed by atoms with Crippen LogP contribution in [0.15, 0.2) is 109 Å². The van der Waals surface area contributed by atoms with E-state index in [-0.39, 0.29) is 0 Å². The zero-order valence-corrected chi connectivity index (χ0v) is 16.2. The zero-order valence-electron chi connectivity index (χ0n) is 16.2. The molecule has 148 valence electrons. The fraction of sp³-hybridized carbons (Fsp3) is 0. The highest BCUT2D eigenvalue weighted by Gasteiger charge is 2.05.